The van der Waals surface area contributed by atoms with Gasteiger partial charge >= 0.3 is 0 Å². The van der Waals surface area contributed by atoms with E-state index in [-0.39, 0.29) is 24.0 Å². The van der Waals surface area contributed by atoms with Crippen molar-refractivity contribution in [1.29, 1.82) is 0 Å². The third kappa shape index (κ3) is 4.18. The predicted molar refractivity (Wildman–Crippen MR) is 124 cm³/mol. The highest BCUT2D eigenvalue weighted by molar-refractivity contribution is 5.93. The van der Waals surface area contributed by atoms with Gasteiger partial charge in [0.15, 0.2) is 5.75 Å². The number of rotatable bonds is 7. The number of aromatic nitrogens is 3. The van der Waals surface area contributed by atoms with Crippen LogP contribution in [0.1, 0.15) is 75.0 Å². The van der Waals surface area contributed by atoms with E-state index < -0.39 is 0 Å². The molecule has 7 nitrogen and oxygen atoms in total. The van der Waals surface area contributed by atoms with Crippen LogP contribution >= 0.6 is 0 Å². The lowest BCUT2D eigenvalue weighted by Gasteiger charge is -2.37. The van der Waals surface area contributed by atoms with Gasteiger partial charge in [-0.25, -0.2) is 15.0 Å². The molecule has 3 aliphatic rings. The molecule has 1 amide bonds. The summed E-state index contributed by atoms with van der Waals surface area (Å²) in [6.07, 6.45) is 10.8. The van der Waals surface area contributed by atoms with Crippen molar-refractivity contribution < 1.29 is 14.3 Å². The third-order valence-corrected chi connectivity index (χ3v) is 8.07. The summed E-state index contributed by atoms with van der Waals surface area (Å²) in [5, 5.41) is 3.12. The van der Waals surface area contributed by atoms with E-state index in [2.05, 4.69) is 34.1 Å². The van der Waals surface area contributed by atoms with Crippen LogP contribution in [0, 0.1) is 23.7 Å². The fourth-order valence-corrected chi connectivity index (χ4v) is 6.44. The minimum Gasteiger partial charge on any atom is -0.488 e. The summed E-state index contributed by atoms with van der Waals surface area (Å²) in [5.41, 5.74) is 0.539. The van der Waals surface area contributed by atoms with Crippen molar-refractivity contribution in [3.8, 4) is 11.6 Å². The Labute approximate surface area is 195 Å². The maximum atomic E-state index is 12.6. The Morgan fingerprint density at radius 2 is 1.85 bits per heavy atom. The number of hydrogen-bond acceptors (Lipinski definition) is 6. The van der Waals surface area contributed by atoms with Gasteiger partial charge in [0.1, 0.15) is 11.9 Å². The van der Waals surface area contributed by atoms with Gasteiger partial charge in [-0.05, 0) is 56.1 Å². The zero-order chi connectivity index (χ0) is 22.9. The molecule has 0 radical (unpaired) electrons. The maximum Gasteiger partial charge on any atom is 0.257 e. The fourth-order valence-electron chi connectivity index (χ4n) is 6.44. The van der Waals surface area contributed by atoms with Gasteiger partial charge in [-0.15, -0.1) is 0 Å². The minimum atomic E-state index is -0.0668. The molecule has 3 fully saturated rings. The first-order chi connectivity index (χ1) is 16.1. The van der Waals surface area contributed by atoms with Gasteiger partial charge in [-0.1, -0.05) is 26.7 Å². The van der Waals surface area contributed by atoms with Crippen molar-refractivity contribution in [3.05, 3.63) is 42.1 Å². The molecule has 2 aromatic heterocycles. The number of nitrogens with zero attached hydrogens (tertiary/aromatic N) is 3. The summed E-state index contributed by atoms with van der Waals surface area (Å²) in [6, 6.07) is 4.06. The molecule has 176 valence electrons. The van der Waals surface area contributed by atoms with Crippen molar-refractivity contribution in [2.75, 3.05) is 6.61 Å². The molecular formula is C26H34N4O3. The number of amides is 1. The van der Waals surface area contributed by atoms with Crippen LogP contribution in [0.3, 0.4) is 0 Å². The standard InChI is InChI=1S/C26H34N4O3/c1-4-32-21-10-7-11-27-26(21)33-23-16(3)19-12-20(23)22(15(19)2)24-28-13-17(14-29-24)25(31)30-18-8-5-6-9-18/h7,10-11,13-16,18-20,22-23H,4-6,8-9,12H2,1-3H3,(H,30,31). The molecule has 7 heteroatoms. The SMILES string of the molecule is CCOc1cccnc1OC1C(C)C2CC1C(c1ncc(C(=O)NC3CCCC3)cn1)C2C. The van der Waals surface area contributed by atoms with E-state index >= 15 is 0 Å². The Hall–Kier alpha value is -2.70. The highest BCUT2D eigenvalue weighted by Gasteiger charge is 2.57. The average Bonchev–Trinajstić information content (AvgIpc) is 3.53. The monoisotopic (exact) mass is 450 g/mol. The topological polar surface area (TPSA) is 86.2 Å². The highest BCUT2D eigenvalue weighted by atomic mass is 16.5. The third-order valence-electron chi connectivity index (χ3n) is 8.07. The van der Waals surface area contributed by atoms with E-state index in [0.29, 0.717) is 47.5 Å². The number of pyridine rings is 1. The number of fused-ring (bicyclic) bond motifs is 2. The molecule has 1 N–H and O–H groups in total. The summed E-state index contributed by atoms with van der Waals surface area (Å²) in [5.74, 6) is 3.98. The molecule has 0 aliphatic heterocycles. The Morgan fingerprint density at radius 1 is 1.09 bits per heavy atom. The lowest BCUT2D eigenvalue weighted by Crippen LogP contribution is -2.39. The molecule has 3 saturated carbocycles. The smallest absolute Gasteiger partial charge is 0.257 e. The number of carbonyl (C=O) groups excluding carboxylic acids is 1. The van der Waals surface area contributed by atoms with Crippen molar-refractivity contribution in [1.82, 2.24) is 20.3 Å². The van der Waals surface area contributed by atoms with E-state index in [1.165, 1.54) is 12.8 Å². The lowest BCUT2D eigenvalue weighted by atomic mass is 9.73. The molecule has 0 saturated heterocycles. The molecule has 5 rings (SSSR count). The van der Waals surface area contributed by atoms with Gasteiger partial charge in [0.25, 0.3) is 11.8 Å². The first kappa shape index (κ1) is 22.1. The second kappa shape index (κ2) is 9.27. The van der Waals surface area contributed by atoms with E-state index in [1.54, 1.807) is 18.6 Å². The molecule has 2 aromatic rings. The zero-order valence-electron chi connectivity index (χ0n) is 19.7. The zero-order valence-corrected chi connectivity index (χ0v) is 19.7. The van der Waals surface area contributed by atoms with Crippen molar-refractivity contribution in [2.24, 2.45) is 23.7 Å². The first-order valence-electron chi connectivity index (χ1n) is 12.4. The van der Waals surface area contributed by atoms with Crippen molar-refractivity contribution in [2.45, 2.75) is 70.9 Å². The van der Waals surface area contributed by atoms with Crippen LogP contribution in [0.5, 0.6) is 11.6 Å². The molecule has 3 aliphatic carbocycles. The van der Waals surface area contributed by atoms with Gasteiger partial charge in [-0.3, -0.25) is 4.79 Å². The average molecular weight is 451 g/mol. The molecule has 0 spiro atoms. The summed E-state index contributed by atoms with van der Waals surface area (Å²) >= 11 is 0. The second-order valence-electron chi connectivity index (χ2n) is 9.91. The molecular weight excluding hydrogens is 416 g/mol. The predicted octanol–water partition coefficient (Wildman–Crippen LogP) is 4.40. The van der Waals surface area contributed by atoms with E-state index in [0.717, 1.165) is 25.1 Å². The Balaban J connectivity index is 1.32. The Bertz CT molecular complexity index is 976. The normalized spacial score (nSPS) is 31.0. The van der Waals surface area contributed by atoms with Gasteiger partial charge in [0.05, 0.1) is 12.2 Å². The first-order valence-corrected chi connectivity index (χ1v) is 12.4. The molecule has 2 heterocycles. The Kier molecular flexibility index (Phi) is 6.21. The number of nitrogens with one attached hydrogen (secondary N) is 1. The summed E-state index contributed by atoms with van der Waals surface area (Å²) in [7, 11) is 0. The molecule has 6 atom stereocenters. The minimum absolute atomic E-state index is 0.0410. The van der Waals surface area contributed by atoms with E-state index in [9.17, 15) is 4.79 Å². The number of carbonyl (C=O) groups is 1. The fraction of sp³-hybridized carbons (Fsp3) is 0.615. The highest BCUT2D eigenvalue weighted by Crippen LogP contribution is 2.59. The van der Waals surface area contributed by atoms with Crippen LogP contribution in [-0.2, 0) is 0 Å². The second-order valence-corrected chi connectivity index (χ2v) is 9.91. The largest absolute Gasteiger partial charge is 0.488 e. The quantitative estimate of drug-likeness (QED) is 0.673. The van der Waals surface area contributed by atoms with Crippen LogP contribution in [0.2, 0.25) is 0 Å². The number of hydrogen-bond donors (Lipinski definition) is 1. The van der Waals surface area contributed by atoms with Crippen LogP contribution in [0.25, 0.3) is 0 Å². The molecule has 6 unspecified atom stereocenters. The van der Waals surface area contributed by atoms with Gasteiger partial charge in [0, 0.05) is 36.5 Å². The van der Waals surface area contributed by atoms with E-state index in [1.807, 2.05) is 19.1 Å². The lowest BCUT2D eigenvalue weighted by molar-refractivity contribution is 0.0485. The summed E-state index contributed by atoms with van der Waals surface area (Å²) in [6.45, 7) is 7.12. The van der Waals surface area contributed by atoms with Crippen LogP contribution in [-0.4, -0.2) is 39.6 Å². The Morgan fingerprint density at radius 3 is 2.55 bits per heavy atom. The summed E-state index contributed by atoms with van der Waals surface area (Å²) in [4.78, 5) is 26.4. The molecule has 0 aromatic carbocycles. The van der Waals surface area contributed by atoms with E-state index in [4.69, 9.17) is 9.47 Å². The van der Waals surface area contributed by atoms with Crippen molar-refractivity contribution >= 4 is 5.91 Å². The van der Waals surface area contributed by atoms with Crippen LogP contribution < -0.4 is 14.8 Å². The summed E-state index contributed by atoms with van der Waals surface area (Å²) < 4.78 is 12.2. The van der Waals surface area contributed by atoms with Gasteiger partial charge in [-0.2, -0.15) is 0 Å². The molecule has 33 heavy (non-hydrogen) atoms. The number of ether oxygens (including phenoxy) is 2. The van der Waals surface area contributed by atoms with Crippen molar-refractivity contribution in [3.63, 3.8) is 0 Å². The van der Waals surface area contributed by atoms with Gasteiger partial charge in [0.2, 0.25) is 0 Å². The van der Waals surface area contributed by atoms with Crippen LogP contribution in [0.15, 0.2) is 30.7 Å². The maximum absolute atomic E-state index is 12.6. The van der Waals surface area contributed by atoms with Gasteiger partial charge < -0.3 is 14.8 Å². The molecule has 2 bridgehead atoms. The van der Waals surface area contributed by atoms with Crippen LogP contribution in [0.4, 0.5) is 0 Å².